The number of ketones is 1. The quantitative estimate of drug-likeness (QED) is 0.313. The van der Waals surface area contributed by atoms with Crippen molar-refractivity contribution in [2.75, 3.05) is 13.1 Å². The Morgan fingerprint density at radius 3 is 2.40 bits per heavy atom. The van der Waals surface area contributed by atoms with Crippen molar-refractivity contribution in [3.63, 3.8) is 0 Å². The largest absolute Gasteiger partial charge is 0.352 e. The van der Waals surface area contributed by atoms with Crippen LogP contribution in [0.25, 0.3) is 22.2 Å². The third-order valence-electron chi connectivity index (χ3n) is 8.65. The molecule has 4 aromatic rings. The molecule has 216 valence electrons. The van der Waals surface area contributed by atoms with E-state index >= 15 is 0 Å². The van der Waals surface area contributed by atoms with Crippen LogP contribution < -0.4 is 0 Å². The first-order valence-corrected chi connectivity index (χ1v) is 14.3. The number of Topliss-reactive ketones (excluding diaryl/α,β-unsaturated/α-hetero) is 1. The van der Waals surface area contributed by atoms with Crippen molar-refractivity contribution >= 4 is 28.5 Å². The van der Waals surface area contributed by atoms with Gasteiger partial charge < -0.3 is 14.8 Å². The molecule has 3 aromatic heterocycles. The molecule has 1 aromatic carbocycles. The van der Waals surface area contributed by atoms with Gasteiger partial charge in [0.05, 0.1) is 35.1 Å². The zero-order valence-corrected chi connectivity index (χ0v) is 24.2. The van der Waals surface area contributed by atoms with E-state index in [-0.39, 0.29) is 41.9 Å². The normalized spacial score (nSPS) is 19.0. The third kappa shape index (κ3) is 5.08. The molecular weight excluding hydrogens is 533 g/mol. The van der Waals surface area contributed by atoms with Crippen LogP contribution in [0.2, 0.25) is 0 Å². The number of carbonyl (C=O) groups excluding carboxylic acids is 3. The Morgan fingerprint density at radius 1 is 1.02 bits per heavy atom. The molecule has 9 heteroatoms. The summed E-state index contributed by atoms with van der Waals surface area (Å²) < 4.78 is 13.6. The van der Waals surface area contributed by atoms with Crippen LogP contribution in [0.1, 0.15) is 60.3 Å². The number of benzene rings is 1. The zero-order valence-electron chi connectivity index (χ0n) is 24.2. The second-order valence-corrected chi connectivity index (χ2v) is 12.5. The van der Waals surface area contributed by atoms with Crippen LogP contribution in [0.3, 0.4) is 0 Å². The van der Waals surface area contributed by atoms with Crippen molar-refractivity contribution in [1.82, 2.24) is 24.8 Å². The summed E-state index contributed by atoms with van der Waals surface area (Å²) in [6, 6.07) is 15.8. The summed E-state index contributed by atoms with van der Waals surface area (Å²) in [6.45, 7) is 8.47. The minimum absolute atomic E-state index is 0.0314. The van der Waals surface area contributed by atoms with Gasteiger partial charge in [0, 0.05) is 42.2 Å². The van der Waals surface area contributed by atoms with Gasteiger partial charge in [-0.1, -0.05) is 39.0 Å². The SMILES string of the molecule is Cc1nc(-c2ccc(C(=O)N3C[C@@H]4C[C@H]3CN4C(=O)[C@@H](CC(=O)c3cc4ccccc4[nH]3)C(C)(C)C)nc2)ccc1F. The summed E-state index contributed by atoms with van der Waals surface area (Å²) in [5, 5.41) is 0.965. The number of hydrogen-bond acceptors (Lipinski definition) is 5. The first kappa shape index (κ1) is 27.8. The Morgan fingerprint density at radius 2 is 1.76 bits per heavy atom. The maximum absolute atomic E-state index is 13.9. The van der Waals surface area contributed by atoms with Gasteiger partial charge in [0.15, 0.2) is 5.78 Å². The van der Waals surface area contributed by atoms with Gasteiger partial charge in [-0.05, 0) is 55.2 Å². The monoisotopic (exact) mass is 567 g/mol. The summed E-state index contributed by atoms with van der Waals surface area (Å²) >= 11 is 0. The minimum Gasteiger partial charge on any atom is -0.352 e. The highest BCUT2D eigenvalue weighted by molar-refractivity contribution is 6.01. The fourth-order valence-electron chi connectivity index (χ4n) is 6.19. The number of likely N-dealkylation sites (tertiary alicyclic amines) is 2. The fourth-order valence-corrected chi connectivity index (χ4v) is 6.19. The van der Waals surface area contributed by atoms with Gasteiger partial charge in [-0.3, -0.25) is 24.4 Å². The number of aromatic amines is 1. The number of aromatic nitrogens is 3. The lowest BCUT2D eigenvalue weighted by atomic mass is 9.76. The molecule has 42 heavy (non-hydrogen) atoms. The number of aryl methyl sites for hydroxylation is 1. The van der Waals surface area contributed by atoms with Gasteiger partial charge in [0.25, 0.3) is 5.91 Å². The number of H-pyrrole nitrogens is 1. The highest BCUT2D eigenvalue weighted by Gasteiger charge is 2.50. The molecule has 8 nitrogen and oxygen atoms in total. The van der Waals surface area contributed by atoms with Crippen LogP contribution in [-0.4, -0.2) is 67.5 Å². The van der Waals surface area contributed by atoms with Crippen molar-refractivity contribution in [2.45, 2.75) is 52.6 Å². The number of fused-ring (bicyclic) bond motifs is 3. The molecule has 0 unspecified atom stereocenters. The second-order valence-electron chi connectivity index (χ2n) is 12.5. The summed E-state index contributed by atoms with van der Waals surface area (Å²) in [5.41, 5.74) is 2.90. The Balaban J connectivity index is 1.13. The molecular formula is C33H34FN5O3. The highest BCUT2D eigenvalue weighted by Crippen LogP contribution is 2.38. The average molecular weight is 568 g/mol. The summed E-state index contributed by atoms with van der Waals surface area (Å²) in [4.78, 5) is 56.1. The van der Waals surface area contributed by atoms with Gasteiger partial charge in [-0.2, -0.15) is 0 Å². The lowest BCUT2D eigenvalue weighted by molar-refractivity contribution is -0.141. The molecule has 2 aliphatic rings. The Hall–Kier alpha value is -4.40. The van der Waals surface area contributed by atoms with Crippen LogP contribution >= 0.6 is 0 Å². The molecule has 2 amide bonds. The van der Waals surface area contributed by atoms with E-state index < -0.39 is 11.3 Å². The van der Waals surface area contributed by atoms with E-state index in [1.165, 1.54) is 6.07 Å². The topological polar surface area (TPSA) is 99.3 Å². The van der Waals surface area contributed by atoms with Gasteiger partial charge in [0.1, 0.15) is 11.5 Å². The molecule has 2 fully saturated rings. The van der Waals surface area contributed by atoms with E-state index in [0.29, 0.717) is 47.8 Å². The molecule has 6 rings (SSSR count). The van der Waals surface area contributed by atoms with E-state index in [1.54, 1.807) is 36.2 Å². The van der Waals surface area contributed by atoms with Crippen LogP contribution in [-0.2, 0) is 4.79 Å². The van der Waals surface area contributed by atoms with Crippen LogP contribution in [0.15, 0.2) is 60.8 Å². The molecule has 0 saturated carbocycles. The van der Waals surface area contributed by atoms with Crippen LogP contribution in [0.4, 0.5) is 4.39 Å². The number of para-hydroxylation sites is 1. The van der Waals surface area contributed by atoms with E-state index in [0.717, 1.165) is 10.9 Å². The van der Waals surface area contributed by atoms with Gasteiger partial charge in [-0.15, -0.1) is 0 Å². The molecule has 2 saturated heterocycles. The number of pyridine rings is 2. The summed E-state index contributed by atoms with van der Waals surface area (Å²) in [6.07, 6.45) is 2.40. The third-order valence-corrected chi connectivity index (χ3v) is 8.65. The lowest BCUT2D eigenvalue weighted by Gasteiger charge is -2.39. The number of nitrogens with one attached hydrogen (secondary N) is 1. The average Bonchev–Trinajstić information content (AvgIpc) is 3.70. The number of hydrogen-bond donors (Lipinski definition) is 1. The number of nitrogens with zero attached hydrogens (tertiary/aromatic N) is 4. The van der Waals surface area contributed by atoms with Crippen molar-refractivity contribution in [2.24, 2.45) is 11.3 Å². The van der Waals surface area contributed by atoms with Crippen molar-refractivity contribution in [3.05, 3.63) is 83.7 Å². The predicted octanol–water partition coefficient (Wildman–Crippen LogP) is 5.43. The van der Waals surface area contributed by atoms with Crippen LogP contribution in [0.5, 0.6) is 0 Å². The van der Waals surface area contributed by atoms with Crippen molar-refractivity contribution in [3.8, 4) is 11.3 Å². The van der Waals surface area contributed by atoms with Gasteiger partial charge >= 0.3 is 0 Å². The predicted molar refractivity (Wildman–Crippen MR) is 157 cm³/mol. The highest BCUT2D eigenvalue weighted by atomic mass is 19.1. The van der Waals surface area contributed by atoms with E-state index in [4.69, 9.17) is 0 Å². The van der Waals surface area contributed by atoms with Crippen LogP contribution in [0, 0.1) is 24.1 Å². The maximum Gasteiger partial charge on any atom is 0.272 e. The molecule has 0 spiro atoms. The number of rotatable bonds is 6. The lowest BCUT2D eigenvalue weighted by Crippen LogP contribution is -2.53. The minimum atomic E-state index is -0.488. The standard InChI is InChI=1S/C33H34FN5O3/c1-19-25(34)10-12-27(36-19)21-9-11-28(35-16-21)32(42)39-18-22-14-23(39)17-38(22)31(41)24(33(2,3)4)15-30(40)29-13-20-7-5-6-8-26(20)37-29/h5-13,16,22-24,37H,14-15,17-18H2,1-4H3/t22-,23-,24+/m0/s1. The molecule has 1 N–H and O–H groups in total. The molecule has 2 aliphatic heterocycles. The molecule has 3 atom stereocenters. The maximum atomic E-state index is 13.9. The molecule has 2 bridgehead atoms. The number of halogens is 1. The number of piperazine rings is 1. The summed E-state index contributed by atoms with van der Waals surface area (Å²) in [5.74, 6) is -1.15. The zero-order chi connectivity index (χ0) is 29.8. The second kappa shape index (κ2) is 10.5. The molecule has 5 heterocycles. The first-order valence-electron chi connectivity index (χ1n) is 14.3. The van der Waals surface area contributed by atoms with Crippen molar-refractivity contribution < 1.29 is 18.8 Å². The Kier molecular flexibility index (Phi) is 6.91. The smallest absolute Gasteiger partial charge is 0.272 e. The number of carbonyl (C=O) groups is 3. The Bertz CT molecular complexity index is 1660. The van der Waals surface area contributed by atoms with E-state index in [9.17, 15) is 18.8 Å². The Labute approximate surface area is 244 Å². The molecule has 0 radical (unpaired) electrons. The van der Waals surface area contributed by atoms with E-state index in [1.807, 2.05) is 56.0 Å². The van der Waals surface area contributed by atoms with Gasteiger partial charge in [-0.25, -0.2) is 4.39 Å². The summed E-state index contributed by atoms with van der Waals surface area (Å²) in [7, 11) is 0. The number of amides is 2. The van der Waals surface area contributed by atoms with Gasteiger partial charge in [0.2, 0.25) is 5.91 Å². The molecule has 0 aliphatic carbocycles. The van der Waals surface area contributed by atoms with Crippen molar-refractivity contribution in [1.29, 1.82) is 0 Å². The first-order chi connectivity index (χ1) is 20.0. The van der Waals surface area contributed by atoms with E-state index in [2.05, 4.69) is 15.0 Å². The fraction of sp³-hybridized carbons (Fsp3) is 0.364.